The van der Waals surface area contributed by atoms with Gasteiger partial charge in [0.05, 0.1) is 6.21 Å². The topological polar surface area (TPSA) is 47.6 Å². The lowest BCUT2D eigenvalue weighted by Gasteiger charge is -2.09. The fourth-order valence-electron chi connectivity index (χ4n) is 0.889. The maximum atomic E-state index is 12.8. The summed E-state index contributed by atoms with van der Waals surface area (Å²) in [6.45, 7) is 0. The number of rotatable bonds is 2. The van der Waals surface area contributed by atoms with Gasteiger partial charge in [0, 0.05) is 0 Å². The predicted octanol–water partition coefficient (Wildman–Crippen LogP) is 2.02. The van der Waals surface area contributed by atoms with E-state index in [-0.39, 0.29) is 5.56 Å². The minimum atomic E-state index is -4.93. The Hall–Kier alpha value is -1.79. The van der Waals surface area contributed by atoms with Gasteiger partial charge in [0.1, 0.15) is 0 Å². The Morgan fingerprint density at radius 2 is 2.00 bits per heavy atom. The summed E-state index contributed by atoms with van der Waals surface area (Å²) < 4.78 is 51.7. The SMILES string of the molecule is NN=Cc1ccc(F)c(OC(F)(F)F)c1. The van der Waals surface area contributed by atoms with Crippen molar-refractivity contribution in [2.45, 2.75) is 6.36 Å². The van der Waals surface area contributed by atoms with Crippen molar-refractivity contribution < 1.29 is 22.3 Å². The highest BCUT2D eigenvalue weighted by atomic mass is 19.4. The Kier molecular flexibility index (Phi) is 3.13. The zero-order valence-corrected chi connectivity index (χ0v) is 7.25. The number of ether oxygens (including phenoxy) is 1. The van der Waals surface area contributed by atoms with Crippen LogP contribution < -0.4 is 10.6 Å². The highest BCUT2D eigenvalue weighted by Crippen LogP contribution is 2.25. The molecule has 2 N–H and O–H groups in total. The number of benzene rings is 1. The van der Waals surface area contributed by atoms with Crippen molar-refractivity contribution >= 4 is 6.21 Å². The first-order valence-corrected chi connectivity index (χ1v) is 3.71. The van der Waals surface area contributed by atoms with Crippen LogP contribution in [0, 0.1) is 5.82 Å². The molecule has 0 aliphatic rings. The number of hydrogen-bond donors (Lipinski definition) is 1. The van der Waals surface area contributed by atoms with Crippen molar-refractivity contribution in [3.8, 4) is 5.75 Å². The molecule has 1 aromatic carbocycles. The van der Waals surface area contributed by atoms with E-state index in [0.717, 1.165) is 18.3 Å². The van der Waals surface area contributed by atoms with Gasteiger partial charge in [-0.3, -0.25) is 0 Å². The molecule has 0 spiro atoms. The summed E-state index contributed by atoms with van der Waals surface area (Å²) in [6.07, 6.45) is -3.86. The van der Waals surface area contributed by atoms with Crippen LogP contribution in [0.15, 0.2) is 23.3 Å². The molecule has 0 heterocycles. The largest absolute Gasteiger partial charge is 0.573 e. The Morgan fingerprint density at radius 1 is 1.33 bits per heavy atom. The summed E-state index contributed by atoms with van der Waals surface area (Å²) in [5, 5.41) is 3.09. The van der Waals surface area contributed by atoms with Crippen LogP contribution in [-0.2, 0) is 0 Å². The molecule has 7 heteroatoms. The molecule has 1 rings (SSSR count). The molecule has 0 bridgehead atoms. The lowest BCUT2D eigenvalue weighted by atomic mass is 10.2. The van der Waals surface area contributed by atoms with Gasteiger partial charge in [-0.1, -0.05) is 6.07 Å². The van der Waals surface area contributed by atoms with Crippen molar-refractivity contribution in [1.29, 1.82) is 0 Å². The smallest absolute Gasteiger partial charge is 0.403 e. The third-order valence-corrected chi connectivity index (χ3v) is 1.40. The lowest BCUT2D eigenvalue weighted by molar-refractivity contribution is -0.275. The maximum Gasteiger partial charge on any atom is 0.573 e. The molecule has 0 saturated heterocycles. The van der Waals surface area contributed by atoms with Gasteiger partial charge in [-0.25, -0.2) is 4.39 Å². The molecule has 0 amide bonds. The molecule has 0 aliphatic heterocycles. The predicted molar refractivity (Wildman–Crippen MR) is 44.9 cm³/mol. The summed E-state index contributed by atoms with van der Waals surface area (Å²) in [5.74, 6) is 2.76. The Labute approximate surface area is 82.1 Å². The second kappa shape index (κ2) is 4.16. The molecule has 15 heavy (non-hydrogen) atoms. The van der Waals surface area contributed by atoms with Crippen molar-refractivity contribution in [2.75, 3.05) is 0 Å². The fraction of sp³-hybridized carbons (Fsp3) is 0.125. The van der Waals surface area contributed by atoms with Crippen LogP contribution >= 0.6 is 0 Å². The van der Waals surface area contributed by atoms with Crippen LogP contribution in [0.25, 0.3) is 0 Å². The molecular formula is C8H6F4N2O. The molecule has 0 atom stereocenters. The van der Waals surface area contributed by atoms with E-state index in [1.54, 1.807) is 0 Å². The van der Waals surface area contributed by atoms with E-state index in [4.69, 9.17) is 5.84 Å². The first-order chi connectivity index (χ1) is 6.92. The Morgan fingerprint density at radius 3 is 2.53 bits per heavy atom. The first kappa shape index (κ1) is 11.3. The second-order valence-corrected chi connectivity index (χ2v) is 2.52. The quantitative estimate of drug-likeness (QED) is 0.360. The van der Waals surface area contributed by atoms with Gasteiger partial charge < -0.3 is 10.6 Å². The monoisotopic (exact) mass is 222 g/mol. The molecule has 1 aromatic rings. The van der Waals surface area contributed by atoms with E-state index in [1.807, 2.05) is 0 Å². The number of hydrogen-bond acceptors (Lipinski definition) is 3. The van der Waals surface area contributed by atoms with Crippen LogP contribution in [0.3, 0.4) is 0 Å². The van der Waals surface area contributed by atoms with Crippen LogP contribution in [0.1, 0.15) is 5.56 Å². The lowest BCUT2D eigenvalue weighted by Crippen LogP contribution is -2.18. The van der Waals surface area contributed by atoms with Crippen molar-refractivity contribution in [3.63, 3.8) is 0 Å². The zero-order chi connectivity index (χ0) is 11.5. The van der Waals surface area contributed by atoms with E-state index >= 15 is 0 Å². The first-order valence-electron chi connectivity index (χ1n) is 3.71. The van der Waals surface area contributed by atoms with Crippen LogP contribution in [-0.4, -0.2) is 12.6 Å². The number of nitrogens with two attached hydrogens (primary N) is 1. The average Bonchev–Trinajstić information content (AvgIpc) is 2.09. The van der Waals surface area contributed by atoms with Gasteiger partial charge in [-0.2, -0.15) is 5.10 Å². The third-order valence-electron chi connectivity index (χ3n) is 1.40. The third kappa shape index (κ3) is 3.45. The van der Waals surface area contributed by atoms with E-state index in [2.05, 4.69) is 9.84 Å². The highest BCUT2D eigenvalue weighted by Gasteiger charge is 2.32. The molecule has 0 radical (unpaired) electrons. The summed E-state index contributed by atoms with van der Waals surface area (Å²) in [4.78, 5) is 0. The van der Waals surface area contributed by atoms with Crippen molar-refractivity contribution in [1.82, 2.24) is 0 Å². The average molecular weight is 222 g/mol. The highest BCUT2D eigenvalue weighted by molar-refractivity contribution is 5.79. The summed E-state index contributed by atoms with van der Waals surface area (Å²) in [7, 11) is 0. The minimum absolute atomic E-state index is 0.207. The number of nitrogens with zero attached hydrogens (tertiary/aromatic N) is 1. The van der Waals surface area contributed by atoms with Gasteiger partial charge >= 0.3 is 6.36 Å². The number of alkyl halides is 3. The second-order valence-electron chi connectivity index (χ2n) is 2.52. The number of hydrazone groups is 1. The van der Waals surface area contributed by atoms with Gasteiger partial charge in [-0.05, 0) is 17.7 Å². The van der Waals surface area contributed by atoms with E-state index < -0.39 is 17.9 Å². The van der Waals surface area contributed by atoms with Crippen LogP contribution in [0.4, 0.5) is 17.6 Å². The summed E-state index contributed by atoms with van der Waals surface area (Å²) in [5.41, 5.74) is 0.207. The number of halogens is 4. The van der Waals surface area contributed by atoms with E-state index in [0.29, 0.717) is 0 Å². The van der Waals surface area contributed by atoms with E-state index in [9.17, 15) is 17.6 Å². The van der Waals surface area contributed by atoms with Gasteiger partial charge in [0.2, 0.25) is 0 Å². The Balaban J connectivity index is 3.00. The van der Waals surface area contributed by atoms with E-state index in [1.165, 1.54) is 6.07 Å². The molecule has 82 valence electrons. The summed E-state index contributed by atoms with van der Waals surface area (Å²) in [6, 6.07) is 2.90. The Bertz CT molecular complexity index is 375. The molecule has 0 unspecified atom stereocenters. The zero-order valence-electron chi connectivity index (χ0n) is 7.25. The van der Waals surface area contributed by atoms with Crippen LogP contribution in [0.2, 0.25) is 0 Å². The molecular weight excluding hydrogens is 216 g/mol. The van der Waals surface area contributed by atoms with Gasteiger partial charge in [0.25, 0.3) is 0 Å². The van der Waals surface area contributed by atoms with Gasteiger partial charge in [0.15, 0.2) is 11.6 Å². The molecule has 0 aliphatic carbocycles. The maximum absolute atomic E-state index is 12.8. The van der Waals surface area contributed by atoms with Crippen molar-refractivity contribution in [2.24, 2.45) is 10.9 Å². The molecule has 3 nitrogen and oxygen atoms in total. The van der Waals surface area contributed by atoms with Crippen molar-refractivity contribution in [3.05, 3.63) is 29.6 Å². The van der Waals surface area contributed by atoms with Crippen LogP contribution in [0.5, 0.6) is 5.75 Å². The fourth-order valence-corrected chi connectivity index (χ4v) is 0.889. The molecule has 0 fully saturated rings. The normalized spacial score (nSPS) is 12.0. The van der Waals surface area contributed by atoms with Gasteiger partial charge in [-0.15, -0.1) is 13.2 Å². The summed E-state index contributed by atoms with van der Waals surface area (Å²) >= 11 is 0. The minimum Gasteiger partial charge on any atom is -0.403 e. The molecule has 0 aromatic heterocycles. The standard InChI is InChI=1S/C8H6F4N2O/c9-6-2-1-5(4-14-13)3-7(6)15-8(10,11)12/h1-4H,13H2. The molecule has 0 saturated carbocycles.